The molecule has 0 saturated heterocycles. The van der Waals surface area contributed by atoms with E-state index in [-0.39, 0.29) is 0 Å². The van der Waals surface area contributed by atoms with Crippen LogP contribution in [-0.2, 0) is 6.42 Å². The van der Waals surface area contributed by atoms with E-state index in [2.05, 4.69) is 158 Å². The van der Waals surface area contributed by atoms with Crippen molar-refractivity contribution in [3.05, 3.63) is 213 Å². The Morgan fingerprint density at radius 3 is 2.63 bits per heavy atom. The van der Waals surface area contributed by atoms with Crippen molar-refractivity contribution in [2.24, 2.45) is 0 Å². The van der Waals surface area contributed by atoms with E-state index in [0.29, 0.717) is 12.2 Å². The molecule has 3 aromatic heterocycles. The Morgan fingerprint density at radius 1 is 0.984 bits per heavy atom. The minimum absolute atomic E-state index is 0.422. The van der Waals surface area contributed by atoms with Crippen molar-refractivity contribution in [3.63, 3.8) is 0 Å². The van der Waals surface area contributed by atoms with Gasteiger partial charge in [-0.25, -0.2) is 4.98 Å². The van der Waals surface area contributed by atoms with Crippen LogP contribution in [0, 0.1) is 26.2 Å². The molecule has 0 radical (unpaired) electrons. The van der Waals surface area contributed by atoms with Gasteiger partial charge in [0, 0.05) is 67.6 Å². The molecule has 0 N–H and O–H groups in total. The van der Waals surface area contributed by atoms with E-state index in [1.807, 2.05) is 61.6 Å². The number of hydrogen-bond donors (Lipinski definition) is 0. The summed E-state index contributed by atoms with van der Waals surface area (Å²) in [5.41, 5.74) is 21.8. The van der Waals surface area contributed by atoms with E-state index >= 15 is 0 Å². The van der Waals surface area contributed by atoms with Gasteiger partial charge < -0.3 is 18.6 Å². The summed E-state index contributed by atoms with van der Waals surface area (Å²) in [5, 5.41) is 2.96. The largest absolute Gasteiger partial charge is 0.456 e. The molecule has 6 aromatic rings. The third kappa shape index (κ3) is 7.56. The summed E-state index contributed by atoms with van der Waals surface area (Å²) in [6, 6.07) is 27.2. The van der Waals surface area contributed by atoms with E-state index < -0.39 is 0 Å². The zero-order chi connectivity index (χ0) is 43.6. The van der Waals surface area contributed by atoms with Crippen LogP contribution >= 0.6 is 0 Å². The highest BCUT2D eigenvalue weighted by molar-refractivity contribution is 5.92. The molecule has 63 heavy (non-hydrogen) atoms. The molecule has 3 aliphatic rings. The van der Waals surface area contributed by atoms with Crippen LogP contribution < -0.4 is 20.2 Å². The van der Waals surface area contributed by atoms with Crippen LogP contribution in [0.2, 0.25) is 0 Å². The molecule has 0 amide bonds. The first-order valence-corrected chi connectivity index (χ1v) is 21.3. The zero-order valence-electron chi connectivity index (χ0n) is 36.3. The number of nitrogens with zero attached hydrogens (tertiary/aromatic N) is 3. The van der Waals surface area contributed by atoms with Crippen molar-refractivity contribution in [1.29, 1.82) is 0 Å². The average Bonchev–Trinajstić information content (AvgIpc) is 3.58. The molecule has 5 heteroatoms. The van der Waals surface area contributed by atoms with Gasteiger partial charge in [0.25, 0.3) is 0 Å². The predicted molar refractivity (Wildman–Crippen MR) is 262 cm³/mol. The van der Waals surface area contributed by atoms with Crippen LogP contribution in [0.4, 0.5) is 5.69 Å². The van der Waals surface area contributed by atoms with E-state index in [1.54, 1.807) is 0 Å². The fraction of sp³-hybridized carbons (Fsp3) is 0.121. The number of para-hydroxylation sites is 2. The van der Waals surface area contributed by atoms with Crippen molar-refractivity contribution in [1.82, 2.24) is 9.55 Å². The molecule has 0 atom stereocenters. The van der Waals surface area contributed by atoms with Crippen LogP contribution in [0.3, 0.4) is 0 Å². The summed E-state index contributed by atoms with van der Waals surface area (Å²) in [7, 11) is 0. The number of ether oxygens (including phenoxy) is 1. The highest BCUT2D eigenvalue weighted by atomic mass is 16.5. The summed E-state index contributed by atoms with van der Waals surface area (Å²) in [6.45, 7) is 15.1. The molecule has 9 rings (SSSR count). The minimum Gasteiger partial charge on any atom is -0.456 e. The van der Waals surface area contributed by atoms with Gasteiger partial charge in [-0.05, 0) is 143 Å². The number of anilines is 1. The molecular weight excluding hydrogens is 771 g/mol. The molecule has 4 heterocycles. The molecule has 5 nitrogen and oxygen atoms in total. The van der Waals surface area contributed by atoms with Gasteiger partial charge in [-0.1, -0.05) is 78.8 Å². The highest BCUT2D eigenvalue weighted by Gasteiger charge is 2.23. The summed E-state index contributed by atoms with van der Waals surface area (Å²) in [5.74, 6) is 5.12. The summed E-state index contributed by atoms with van der Waals surface area (Å²) >= 11 is 0. The van der Waals surface area contributed by atoms with Gasteiger partial charge in [0.2, 0.25) is 0 Å². The fourth-order valence-corrected chi connectivity index (χ4v) is 8.74. The Labute approximate surface area is 369 Å². The summed E-state index contributed by atoms with van der Waals surface area (Å²) < 4.78 is 14.8. The van der Waals surface area contributed by atoms with Gasteiger partial charge in [0.1, 0.15) is 17.1 Å². The van der Waals surface area contributed by atoms with E-state index in [9.17, 15) is 0 Å². The number of furan rings is 1. The second-order valence-electron chi connectivity index (χ2n) is 15.7. The second-order valence-corrected chi connectivity index (χ2v) is 15.7. The zero-order valence-corrected chi connectivity index (χ0v) is 36.3. The van der Waals surface area contributed by atoms with Crippen LogP contribution in [0.25, 0.3) is 62.6 Å². The number of terminal acetylenes is 1. The lowest BCUT2D eigenvalue weighted by Crippen LogP contribution is -2.35. The number of aryl methyl sites for hydroxylation is 1. The van der Waals surface area contributed by atoms with E-state index in [1.165, 1.54) is 0 Å². The Kier molecular flexibility index (Phi) is 11.0. The van der Waals surface area contributed by atoms with Crippen LogP contribution in [0.5, 0.6) is 5.75 Å². The Balaban J connectivity index is 1.35. The first-order chi connectivity index (χ1) is 30.8. The first-order valence-electron chi connectivity index (χ1n) is 21.3. The molecule has 1 aliphatic heterocycles. The second kappa shape index (κ2) is 17.2. The highest BCUT2D eigenvalue weighted by Crippen LogP contribution is 2.38. The van der Waals surface area contributed by atoms with E-state index in [0.717, 1.165) is 118 Å². The maximum Gasteiger partial charge on any atom is 0.170 e. The lowest BCUT2D eigenvalue weighted by atomic mass is 10.00. The van der Waals surface area contributed by atoms with Crippen molar-refractivity contribution < 1.29 is 9.15 Å². The monoisotopic (exact) mass is 817 g/mol. The van der Waals surface area contributed by atoms with Crippen LogP contribution in [0.15, 0.2) is 168 Å². The molecular formula is C58H47N3O2. The molecule has 2 bridgehead atoms. The van der Waals surface area contributed by atoms with Gasteiger partial charge in [-0.15, -0.1) is 12.3 Å². The van der Waals surface area contributed by atoms with Crippen molar-refractivity contribution >= 4 is 51.4 Å². The summed E-state index contributed by atoms with van der Waals surface area (Å²) in [6.07, 6.45) is 31.7. The SMILES string of the molecule is C#CCC=C=c1/c(=C(\C)N(/C(C)=C/C=C\C)c2ccccc2C)c(C)c(C=C)n1-c1cc(C2=CC3=C=C(C=C2)Oc2ccccc23)nc(-c2ccc3oc4c(c3c2)CC=CC=C4)c1. The Morgan fingerprint density at radius 2 is 1.81 bits per heavy atom. The topological polar surface area (TPSA) is 43.4 Å². The predicted octanol–water partition coefficient (Wildman–Crippen LogP) is 12.7. The molecule has 0 fully saturated rings. The lowest BCUT2D eigenvalue weighted by molar-refractivity contribution is 0.441. The molecule has 0 spiro atoms. The normalized spacial score (nSPS) is 14.3. The van der Waals surface area contributed by atoms with Gasteiger partial charge >= 0.3 is 0 Å². The maximum atomic E-state index is 6.34. The van der Waals surface area contributed by atoms with Gasteiger partial charge in [-0.3, -0.25) is 0 Å². The third-order valence-electron chi connectivity index (χ3n) is 11.7. The third-order valence-corrected chi connectivity index (χ3v) is 11.7. The Hall–Kier alpha value is -7.99. The number of pyridine rings is 1. The summed E-state index contributed by atoms with van der Waals surface area (Å²) in [4.78, 5) is 7.78. The molecule has 0 unspecified atom stereocenters. The van der Waals surface area contributed by atoms with Crippen molar-refractivity contribution in [3.8, 4) is 35.0 Å². The number of fused-ring (bicyclic) bond motifs is 5. The molecule has 2 aliphatic carbocycles. The lowest BCUT2D eigenvalue weighted by Gasteiger charge is -2.28. The molecule has 3 aromatic carbocycles. The van der Waals surface area contributed by atoms with Gasteiger partial charge in [-0.2, -0.15) is 0 Å². The number of benzene rings is 3. The fourth-order valence-electron chi connectivity index (χ4n) is 8.74. The number of rotatable bonds is 9. The van der Waals surface area contributed by atoms with Crippen LogP contribution in [-0.4, -0.2) is 9.55 Å². The van der Waals surface area contributed by atoms with Gasteiger partial charge in [0.05, 0.1) is 22.4 Å². The van der Waals surface area contributed by atoms with Crippen LogP contribution in [0.1, 0.15) is 66.6 Å². The smallest absolute Gasteiger partial charge is 0.170 e. The molecule has 306 valence electrons. The quantitative estimate of drug-likeness (QED) is 0.0828. The Bertz CT molecular complexity index is 3360. The molecule has 0 saturated carbocycles. The number of allylic oxidation sites excluding steroid dienone is 12. The standard InChI is InChI=1S/C58H47N3O2/c1-8-11-14-26-54-58(41(7)60(39(5)22-12-9-2)53-25-19-17-21-38(53)4)40(6)52(10-3)61(54)45-36-50(42-29-31-46-34-44(33-42)47-23-18-20-28-55(47)62-46)59-51(37-45)43-30-32-57-49(35-43)48-24-15-13-16-27-56(48)63-57/h1,9-10,12-23,25,27-33,35-37H,3,11,24H2,2,4-7H3/b12-9-,39-22+,58-41+. The number of hydrogen-bond acceptors (Lipinski definition) is 4. The average molecular weight is 818 g/mol. The van der Waals surface area contributed by atoms with Crippen molar-refractivity contribution in [2.45, 2.75) is 47.5 Å². The van der Waals surface area contributed by atoms with E-state index in [4.69, 9.17) is 20.6 Å². The minimum atomic E-state index is 0.422. The number of aromatic nitrogens is 2. The maximum absolute atomic E-state index is 6.34. The first kappa shape index (κ1) is 40.4. The van der Waals surface area contributed by atoms with Crippen molar-refractivity contribution in [2.75, 3.05) is 4.90 Å². The van der Waals surface area contributed by atoms with Gasteiger partial charge in [0.15, 0.2) is 5.76 Å².